The van der Waals surface area contributed by atoms with E-state index in [-0.39, 0.29) is 11.6 Å². The smallest absolute Gasteiger partial charge is 0.198 e. The molecule has 112 valence electrons. The zero-order valence-corrected chi connectivity index (χ0v) is 12.2. The van der Waals surface area contributed by atoms with Crippen molar-refractivity contribution >= 4 is 22.6 Å². The Bertz CT molecular complexity index is 841. The Kier molecular flexibility index (Phi) is 3.58. The number of nitrogens with zero attached hydrogens (tertiary/aromatic N) is 2. The van der Waals surface area contributed by atoms with Gasteiger partial charge in [0, 0.05) is 12.2 Å². The topological polar surface area (TPSA) is 70.7 Å². The average Bonchev–Trinajstić information content (AvgIpc) is 2.91. The van der Waals surface area contributed by atoms with Gasteiger partial charge in [0.1, 0.15) is 23.6 Å². The molecule has 2 aromatic heterocycles. The zero-order chi connectivity index (χ0) is 15.7. The Morgan fingerprint density at radius 1 is 1.23 bits per heavy atom. The summed E-state index contributed by atoms with van der Waals surface area (Å²) in [7, 11) is 0. The van der Waals surface area contributed by atoms with Crippen molar-refractivity contribution in [3.8, 4) is 0 Å². The lowest BCUT2D eigenvalue weighted by atomic mass is 10.0. The fourth-order valence-electron chi connectivity index (χ4n) is 2.32. The summed E-state index contributed by atoms with van der Waals surface area (Å²) in [5, 5.41) is 3.75. The van der Waals surface area contributed by atoms with Crippen LogP contribution < -0.4 is 5.32 Å². The van der Waals surface area contributed by atoms with E-state index in [4.69, 9.17) is 0 Å². The van der Waals surface area contributed by atoms with Gasteiger partial charge in [-0.25, -0.2) is 14.4 Å². The highest BCUT2D eigenvalue weighted by Gasteiger charge is 2.20. The van der Waals surface area contributed by atoms with E-state index in [1.165, 1.54) is 18.5 Å². The fraction of sp³-hybridized carbons (Fsp3) is 0.188. The van der Waals surface area contributed by atoms with E-state index in [0.29, 0.717) is 22.4 Å². The largest absolute Gasteiger partial charge is 0.367 e. The first kappa shape index (κ1) is 14.2. The Balaban J connectivity index is 2.15. The van der Waals surface area contributed by atoms with E-state index in [1.807, 2.05) is 13.8 Å². The molecule has 0 amide bonds. The van der Waals surface area contributed by atoms with E-state index in [9.17, 15) is 9.18 Å². The monoisotopic (exact) mass is 298 g/mol. The molecular weight excluding hydrogens is 283 g/mol. The summed E-state index contributed by atoms with van der Waals surface area (Å²) in [5.74, 6) is -0.385. The summed E-state index contributed by atoms with van der Waals surface area (Å²) in [5.41, 5.74) is 0.921. The van der Waals surface area contributed by atoms with Crippen molar-refractivity contribution in [2.45, 2.75) is 19.9 Å². The number of nitrogens with one attached hydrogen (secondary N) is 2. The molecule has 6 heteroatoms. The molecule has 5 nitrogen and oxygen atoms in total. The molecule has 0 spiro atoms. The quantitative estimate of drug-likeness (QED) is 0.726. The van der Waals surface area contributed by atoms with Crippen molar-refractivity contribution in [1.82, 2.24) is 15.0 Å². The third-order valence-corrected chi connectivity index (χ3v) is 3.26. The lowest BCUT2D eigenvalue weighted by molar-refractivity contribution is 0.103. The Labute approximate surface area is 126 Å². The number of fused-ring (bicyclic) bond motifs is 1. The molecule has 0 unspecified atom stereocenters. The van der Waals surface area contributed by atoms with Gasteiger partial charge in [0.05, 0.1) is 16.5 Å². The highest BCUT2D eigenvalue weighted by molar-refractivity contribution is 6.18. The number of hydrogen-bond acceptors (Lipinski definition) is 4. The van der Waals surface area contributed by atoms with Crippen LogP contribution in [-0.4, -0.2) is 26.8 Å². The maximum Gasteiger partial charge on any atom is 0.198 e. The van der Waals surface area contributed by atoms with Gasteiger partial charge in [0.25, 0.3) is 0 Å². The van der Waals surface area contributed by atoms with Crippen LogP contribution in [0.3, 0.4) is 0 Å². The van der Waals surface area contributed by atoms with Crippen LogP contribution in [0.4, 0.5) is 10.2 Å². The summed E-state index contributed by atoms with van der Waals surface area (Å²) in [4.78, 5) is 23.9. The molecule has 0 saturated heterocycles. The first-order valence-corrected chi connectivity index (χ1v) is 6.95. The van der Waals surface area contributed by atoms with Gasteiger partial charge in [-0.1, -0.05) is 12.1 Å². The first-order chi connectivity index (χ1) is 10.6. The molecule has 0 aliphatic carbocycles. The second kappa shape index (κ2) is 5.55. The van der Waals surface area contributed by atoms with Crippen LogP contribution in [0.25, 0.3) is 11.0 Å². The van der Waals surface area contributed by atoms with Gasteiger partial charge in [-0.3, -0.25) is 4.79 Å². The van der Waals surface area contributed by atoms with Gasteiger partial charge in [0.15, 0.2) is 5.78 Å². The number of carbonyl (C=O) groups excluding carboxylic acids is 1. The van der Waals surface area contributed by atoms with Crippen molar-refractivity contribution in [2.75, 3.05) is 5.32 Å². The summed E-state index contributed by atoms with van der Waals surface area (Å²) >= 11 is 0. The minimum absolute atomic E-state index is 0.0303. The number of rotatable bonds is 4. The van der Waals surface area contributed by atoms with Gasteiger partial charge in [-0.2, -0.15) is 0 Å². The van der Waals surface area contributed by atoms with E-state index in [0.717, 1.165) is 0 Å². The molecule has 0 aliphatic rings. The van der Waals surface area contributed by atoms with Crippen LogP contribution in [-0.2, 0) is 0 Å². The maximum absolute atomic E-state index is 13.9. The van der Waals surface area contributed by atoms with Gasteiger partial charge >= 0.3 is 0 Å². The van der Waals surface area contributed by atoms with Gasteiger partial charge in [0.2, 0.25) is 0 Å². The molecule has 0 saturated carbocycles. The lowest BCUT2D eigenvalue weighted by Crippen LogP contribution is -2.12. The normalized spacial score (nSPS) is 11.1. The second-order valence-corrected chi connectivity index (χ2v) is 5.26. The van der Waals surface area contributed by atoms with E-state index >= 15 is 0 Å². The Morgan fingerprint density at radius 3 is 2.73 bits per heavy atom. The first-order valence-electron chi connectivity index (χ1n) is 6.95. The van der Waals surface area contributed by atoms with E-state index in [2.05, 4.69) is 20.3 Å². The molecule has 0 bridgehead atoms. The minimum atomic E-state index is -0.544. The molecule has 2 heterocycles. The van der Waals surface area contributed by atoms with Crippen LogP contribution in [0.2, 0.25) is 0 Å². The Hall–Kier alpha value is -2.76. The number of carbonyl (C=O) groups is 1. The van der Waals surface area contributed by atoms with Crippen molar-refractivity contribution in [1.29, 1.82) is 0 Å². The third kappa shape index (κ3) is 2.43. The summed E-state index contributed by atoms with van der Waals surface area (Å²) in [6, 6.07) is 6.07. The highest BCUT2D eigenvalue weighted by Crippen LogP contribution is 2.26. The van der Waals surface area contributed by atoms with Crippen LogP contribution in [0.5, 0.6) is 0 Å². The summed E-state index contributed by atoms with van der Waals surface area (Å²) in [6.45, 7) is 3.94. The van der Waals surface area contributed by atoms with Gasteiger partial charge in [-0.15, -0.1) is 0 Å². The molecule has 0 aliphatic heterocycles. The minimum Gasteiger partial charge on any atom is -0.367 e. The molecule has 22 heavy (non-hydrogen) atoms. The molecular formula is C16H15FN4O. The molecule has 0 radical (unpaired) electrons. The van der Waals surface area contributed by atoms with Crippen molar-refractivity contribution in [3.05, 3.63) is 53.7 Å². The van der Waals surface area contributed by atoms with Crippen molar-refractivity contribution < 1.29 is 9.18 Å². The SMILES string of the molecule is CC(C)Nc1ncnc2[nH]cc(C(=O)c3ccccc3F)c12. The average molecular weight is 298 g/mol. The van der Waals surface area contributed by atoms with Crippen LogP contribution in [0.15, 0.2) is 36.8 Å². The third-order valence-electron chi connectivity index (χ3n) is 3.26. The van der Waals surface area contributed by atoms with Crippen LogP contribution in [0, 0.1) is 5.82 Å². The summed E-state index contributed by atoms with van der Waals surface area (Å²) in [6.07, 6.45) is 2.96. The summed E-state index contributed by atoms with van der Waals surface area (Å²) < 4.78 is 13.9. The number of halogens is 1. The fourth-order valence-corrected chi connectivity index (χ4v) is 2.32. The predicted molar refractivity (Wildman–Crippen MR) is 82.5 cm³/mol. The zero-order valence-electron chi connectivity index (χ0n) is 12.2. The molecule has 1 aromatic carbocycles. The van der Waals surface area contributed by atoms with E-state index < -0.39 is 11.6 Å². The second-order valence-electron chi connectivity index (χ2n) is 5.26. The maximum atomic E-state index is 13.9. The number of anilines is 1. The number of hydrogen-bond donors (Lipinski definition) is 2. The Morgan fingerprint density at radius 2 is 2.00 bits per heavy atom. The van der Waals surface area contributed by atoms with Gasteiger partial charge < -0.3 is 10.3 Å². The standard InChI is InChI=1S/C16H15FN4O/c1-9(2)21-16-13-11(7-18-15(13)19-8-20-16)14(22)10-5-3-4-6-12(10)17/h3-9H,1-2H3,(H2,18,19,20,21). The molecule has 0 fully saturated rings. The van der Waals surface area contributed by atoms with Crippen molar-refractivity contribution in [3.63, 3.8) is 0 Å². The van der Waals surface area contributed by atoms with Crippen LogP contribution >= 0.6 is 0 Å². The molecule has 2 N–H and O–H groups in total. The molecule has 0 atom stereocenters. The lowest BCUT2D eigenvalue weighted by Gasteiger charge is -2.10. The number of H-pyrrole nitrogens is 1. The number of aromatic nitrogens is 3. The van der Waals surface area contributed by atoms with Crippen molar-refractivity contribution in [2.24, 2.45) is 0 Å². The van der Waals surface area contributed by atoms with Gasteiger partial charge in [-0.05, 0) is 26.0 Å². The number of aromatic amines is 1. The highest BCUT2D eigenvalue weighted by atomic mass is 19.1. The molecule has 3 aromatic rings. The number of ketones is 1. The number of benzene rings is 1. The predicted octanol–water partition coefficient (Wildman–Crippen LogP) is 3.15. The van der Waals surface area contributed by atoms with Crippen LogP contribution in [0.1, 0.15) is 29.8 Å². The van der Waals surface area contributed by atoms with E-state index in [1.54, 1.807) is 18.3 Å². The molecule has 3 rings (SSSR count).